The van der Waals surface area contributed by atoms with Crippen LogP contribution in [0.4, 0.5) is 17.6 Å². The standard InChI is InChI=1S/C22H15F4N3OS/c23-16-6-8-17(9-7-16)29-19(12-18(28-29)20-5-2-10-31-20)21(30)27-13-14-3-1-4-15(11-14)22(24,25)26/h1-12H,13H2,(H,27,30). The summed E-state index contributed by atoms with van der Waals surface area (Å²) in [5, 5.41) is 8.98. The van der Waals surface area contributed by atoms with Gasteiger partial charge in [0, 0.05) is 6.54 Å². The number of rotatable bonds is 5. The first kappa shape index (κ1) is 20.8. The Morgan fingerprint density at radius 2 is 1.81 bits per heavy atom. The van der Waals surface area contributed by atoms with Crippen molar-refractivity contribution < 1.29 is 22.4 Å². The molecule has 1 amide bonds. The zero-order valence-electron chi connectivity index (χ0n) is 15.9. The highest BCUT2D eigenvalue weighted by atomic mass is 32.1. The van der Waals surface area contributed by atoms with Gasteiger partial charge in [-0.25, -0.2) is 9.07 Å². The second-order valence-corrected chi connectivity index (χ2v) is 7.61. The number of carbonyl (C=O) groups excluding carboxylic acids is 1. The molecule has 4 aromatic rings. The Hall–Kier alpha value is -3.46. The maximum absolute atomic E-state index is 13.3. The fourth-order valence-corrected chi connectivity index (χ4v) is 3.68. The summed E-state index contributed by atoms with van der Waals surface area (Å²) in [6, 6.07) is 15.6. The summed E-state index contributed by atoms with van der Waals surface area (Å²) < 4.78 is 53.5. The third-order valence-electron chi connectivity index (χ3n) is 4.49. The van der Waals surface area contributed by atoms with Crippen LogP contribution in [0, 0.1) is 5.82 Å². The predicted octanol–water partition coefficient (Wildman–Crippen LogP) is 5.69. The van der Waals surface area contributed by atoms with Crippen molar-refractivity contribution in [3.8, 4) is 16.3 Å². The smallest absolute Gasteiger partial charge is 0.347 e. The van der Waals surface area contributed by atoms with E-state index in [2.05, 4.69) is 10.4 Å². The van der Waals surface area contributed by atoms with Gasteiger partial charge in [-0.3, -0.25) is 4.79 Å². The number of amides is 1. The zero-order chi connectivity index (χ0) is 22.0. The van der Waals surface area contributed by atoms with Crippen LogP contribution in [0.3, 0.4) is 0 Å². The lowest BCUT2D eigenvalue weighted by Gasteiger charge is -2.10. The highest BCUT2D eigenvalue weighted by Crippen LogP contribution is 2.30. The van der Waals surface area contributed by atoms with Crippen molar-refractivity contribution in [2.75, 3.05) is 0 Å². The normalized spacial score (nSPS) is 11.5. The molecule has 0 unspecified atom stereocenters. The van der Waals surface area contributed by atoms with E-state index >= 15 is 0 Å². The molecule has 0 aliphatic carbocycles. The van der Waals surface area contributed by atoms with Crippen LogP contribution in [0.1, 0.15) is 21.6 Å². The maximum atomic E-state index is 13.3. The van der Waals surface area contributed by atoms with Gasteiger partial charge in [-0.2, -0.15) is 18.3 Å². The van der Waals surface area contributed by atoms with E-state index in [1.165, 1.54) is 52.4 Å². The third-order valence-corrected chi connectivity index (χ3v) is 5.39. The highest BCUT2D eigenvalue weighted by molar-refractivity contribution is 7.13. The molecule has 1 N–H and O–H groups in total. The predicted molar refractivity (Wildman–Crippen MR) is 109 cm³/mol. The minimum absolute atomic E-state index is 0.0916. The van der Waals surface area contributed by atoms with Crippen LogP contribution in [0.2, 0.25) is 0 Å². The summed E-state index contributed by atoms with van der Waals surface area (Å²) in [5.41, 5.74) is 0.754. The van der Waals surface area contributed by atoms with Crippen molar-refractivity contribution in [1.82, 2.24) is 15.1 Å². The molecule has 31 heavy (non-hydrogen) atoms. The van der Waals surface area contributed by atoms with Crippen LogP contribution in [0.15, 0.2) is 72.1 Å². The SMILES string of the molecule is O=C(NCc1cccc(C(F)(F)F)c1)c1cc(-c2cccs2)nn1-c1ccc(F)cc1. The molecular weight excluding hydrogens is 430 g/mol. The van der Waals surface area contributed by atoms with Gasteiger partial charge in [-0.15, -0.1) is 11.3 Å². The molecule has 9 heteroatoms. The second-order valence-electron chi connectivity index (χ2n) is 6.66. The molecule has 2 aromatic carbocycles. The Kier molecular flexibility index (Phi) is 5.60. The van der Waals surface area contributed by atoms with Crippen molar-refractivity contribution in [3.05, 3.63) is 94.7 Å². The van der Waals surface area contributed by atoms with Crippen LogP contribution >= 0.6 is 11.3 Å². The van der Waals surface area contributed by atoms with Gasteiger partial charge < -0.3 is 5.32 Å². The summed E-state index contributed by atoms with van der Waals surface area (Å²) in [4.78, 5) is 13.7. The van der Waals surface area contributed by atoms with E-state index in [1.54, 1.807) is 6.07 Å². The molecule has 0 fully saturated rings. The number of hydrogen-bond acceptors (Lipinski definition) is 3. The Balaban J connectivity index is 1.62. The van der Waals surface area contributed by atoms with E-state index in [9.17, 15) is 22.4 Å². The third kappa shape index (κ3) is 4.66. The molecule has 0 aliphatic rings. The number of thiophene rings is 1. The monoisotopic (exact) mass is 445 g/mol. The highest BCUT2D eigenvalue weighted by Gasteiger charge is 2.30. The second kappa shape index (κ2) is 8.35. The van der Waals surface area contributed by atoms with Crippen molar-refractivity contribution >= 4 is 17.2 Å². The largest absolute Gasteiger partial charge is 0.416 e. The Bertz CT molecular complexity index is 1200. The van der Waals surface area contributed by atoms with Gasteiger partial charge in [-0.1, -0.05) is 18.2 Å². The van der Waals surface area contributed by atoms with Crippen LogP contribution in [-0.2, 0) is 12.7 Å². The van der Waals surface area contributed by atoms with Crippen molar-refractivity contribution in [2.45, 2.75) is 12.7 Å². The molecule has 2 heterocycles. The Morgan fingerprint density at radius 1 is 1.03 bits per heavy atom. The molecule has 4 nitrogen and oxygen atoms in total. The number of carbonyl (C=O) groups is 1. The van der Waals surface area contributed by atoms with Crippen LogP contribution < -0.4 is 5.32 Å². The number of hydrogen-bond donors (Lipinski definition) is 1. The molecule has 0 saturated carbocycles. The van der Waals surface area contributed by atoms with Gasteiger partial charge in [-0.05, 0) is 59.5 Å². The quantitative estimate of drug-likeness (QED) is 0.401. The number of benzene rings is 2. The fourth-order valence-electron chi connectivity index (χ4n) is 3.00. The first-order valence-electron chi connectivity index (χ1n) is 9.15. The molecule has 2 aromatic heterocycles. The number of nitrogens with one attached hydrogen (secondary N) is 1. The zero-order valence-corrected chi connectivity index (χ0v) is 16.7. The summed E-state index contributed by atoms with van der Waals surface area (Å²) >= 11 is 1.45. The molecule has 158 valence electrons. The summed E-state index contributed by atoms with van der Waals surface area (Å²) in [6.07, 6.45) is -4.46. The minimum Gasteiger partial charge on any atom is -0.347 e. The number of halogens is 4. The average Bonchev–Trinajstić information content (AvgIpc) is 3.42. The summed E-state index contributed by atoms with van der Waals surface area (Å²) in [7, 11) is 0. The lowest BCUT2D eigenvalue weighted by Crippen LogP contribution is -2.25. The maximum Gasteiger partial charge on any atom is 0.416 e. The molecule has 0 atom stereocenters. The van der Waals surface area contributed by atoms with Gasteiger partial charge >= 0.3 is 6.18 Å². The van der Waals surface area contributed by atoms with E-state index in [1.807, 2.05) is 17.5 Å². The van der Waals surface area contributed by atoms with Gasteiger partial charge in [0.1, 0.15) is 17.2 Å². The molecule has 0 spiro atoms. The Morgan fingerprint density at radius 3 is 2.48 bits per heavy atom. The summed E-state index contributed by atoms with van der Waals surface area (Å²) in [5.74, 6) is -0.943. The molecule has 0 bridgehead atoms. The molecule has 0 radical (unpaired) electrons. The van der Waals surface area contributed by atoms with Crippen LogP contribution in [0.5, 0.6) is 0 Å². The van der Waals surface area contributed by atoms with Gasteiger partial charge in [0.15, 0.2) is 0 Å². The van der Waals surface area contributed by atoms with E-state index in [4.69, 9.17) is 0 Å². The van der Waals surface area contributed by atoms with Crippen LogP contribution in [0.25, 0.3) is 16.3 Å². The molecule has 4 rings (SSSR count). The van der Waals surface area contributed by atoms with E-state index < -0.39 is 23.5 Å². The summed E-state index contributed by atoms with van der Waals surface area (Å²) in [6.45, 7) is -0.0916. The number of aromatic nitrogens is 2. The number of alkyl halides is 3. The van der Waals surface area contributed by atoms with E-state index in [-0.39, 0.29) is 12.2 Å². The lowest BCUT2D eigenvalue weighted by atomic mass is 10.1. The van der Waals surface area contributed by atoms with Gasteiger partial charge in [0.25, 0.3) is 5.91 Å². The van der Waals surface area contributed by atoms with Crippen molar-refractivity contribution in [1.29, 1.82) is 0 Å². The first-order valence-corrected chi connectivity index (χ1v) is 10.0. The van der Waals surface area contributed by atoms with Crippen LogP contribution in [-0.4, -0.2) is 15.7 Å². The minimum atomic E-state index is -4.46. The molecular formula is C22H15F4N3OS. The molecule has 0 aliphatic heterocycles. The van der Waals surface area contributed by atoms with E-state index in [0.717, 1.165) is 17.0 Å². The van der Waals surface area contributed by atoms with Gasteiger partial charge in [0.2, 0.25) is 0 Å². The lowest BCUT2D eigenvalue weighted by molar-refractivity contribution is -0.137. The van der Waals surface area contributed by atoms with Gasteiger partial charge in [0.05, 0.1) is 16.1 Å². The van der Waals surface area contributed by atoms with E-state index in [0.29, 0.717) is 16.9 Å². The Labute approximate surface area is 178 Å². The van der Waals surface area contributed by atoms with Crippen molar-refractivity contribution in [3.63, 3.8) is 0 Å². The van der Waals surface area contributed by atoms with Crippen molar-refractivity contribution in [2.24, 2.45) is 0 Å². The first-order chi connectivity index (χ1) is 14.8. The topological polar surface area (TPSA) is 46.9 Å². The fraction of sp³-hybridized carbons (Fsp3) is 0.0909. The molecule has 0 saturated heterocycles. The average molecular weight is 445 g/mol. The number of nitrogens with zero attached hydrogens (tertiary/aromatic N) is 2.